The van der Waals surface area contributed by atoms with Crippen molar-refractivity contribution in [2.45, 2.75) is 96.2 Å². The van der Waals surface area contributed by atoms with E-state index in [1.54, 1.807) is 5.56 Å². The highest BCUT2D eigenvalue weighted by Crippen LogP contribution is 2.41. The van der Waals surface area contributed by atoms with Crippen LogP contribution >= 0.6 is 0 Å². The monoisotopic (exact) mass is 340 g/mol. The van der Waals surface area contributed by atoms with Crippen LogP contribution in [0.1, 0.15) is 88.7 Å². The third-order valence-electron chi connectivity index (χ3n) is 6.34. The van der Waals surface area contributed by atoms with E-state index in [4.69, 9.17) is 4.74 Å². The molecule has 1 aromatic rings. The molecule has 1 saturated heterocycles. The number of benzene rings is 1. The van der Waals surface area contributed by atoms with Crippen LogP contribution in [-0.4, -0.2) is 12.2 Å². The SMILES string of the molecule is CC=CCCc1ccc(C2CCC(C3CCC(CCC)O3)CC2)cc1. The summed E-state index contributed by atoms with van der Waals surface area (Å²) in [5.41, 5.74) is 3.03. The lowest BCUT2D eigenvalue weighted by Gasteiger charge is -2.32. The fraction of sp³-hybridized carbons (Fsp3) is 0.667. The van der Waals surface area contributed by atoms with Crippen LogP contribution in [0.4, 0.5) is 0 Å². The molecule has 2 atom stereocenters. The van der Waals surface area contributed by atoms with E-state index in [1.807, 2.05) is 0 Å². The summed E-state index contributed by atoms with van der Waals surface area (Å²) in [5.74, 6) is 1.59. The molecule has 1 aliphatic carbocycles. The number of aryl methyl sites for hydroxylation is 1. The predicted octanol–water partition coefficient (Wildman–Crippen LogP) is 6.82. The van der Waals surface area contributed by atoms with Crippen molar-refractivity contribution >= 4 is 0 Å². The van der Waals surface area contributed by atoms with E-state index in [0.29, 0.717) is 12.2 Å². The molecule has 2 aliphatic rings. The topological polar surface area (TPSA) is 9.23 Å². The highest BCUT2D eigenvalue weighted by Gasteiger charge is 2.33. The summed E-state index contributed by atoms with van der Waals surface area (Å²) >= 11 is 0. The van der Waals surface area contributed by atoms with Gasteiger partial charge in [-0.3, -0.25) is 0 Å². The first-order valence-electron chi connectivity index (χ1n) is 10.7. The minimum Gasteiger partial charge on any atom is -0.375 e. The van der Waals surface area contributed by atoms with Crippen molar-refractivity contribution in [3.05, 3.63) is 47.5 Å². The average molecular weight is 341 g/mol. The van der Waals surface area contributed by atoms with Crippen LogP contribution in [0.25, 0.3) is 0 Å². The molecule has 0 spiro atoms. The normalized spacial score (nSPS) is 30.2. The highest BCUT2D eigenvalue weighted by atomic mass is 16.5. The minimum absolute atomic E-state index is 0.558. The average Bonchev–Trinajstić information content (AvgIpc) is 3.12. The number of hydrogen-bond acceptors (Lipinski definition) is 1. The van der Waals surface area contributed by atoms with Gasteiger partial charge in [0.2, 0.25) is 0 Å². The Hall–Kier alpha value is -1.08. The van der Waals surface area contributed by atoms with E-state index >= 15 is 0 Å². The summed E-state index contributed by atoms with van der Waals surface area (Å²) in [6.07, 6.45) is 18.4. The zero-order valence-electron chi connectivity index (χ0n) is 16.3. The van der Waals surface area contributed by atoms with Crippen molar-refractivity contribution < 1.29 is 4.74 Å². The Morgan fingerprint density at radius 1 is 1.00 bits per heavy atom. The molecule has 1 heteroatoms. The molecule has 3 rings (SSSR count). The predicted molar refractivity (Wildman–Crippen MR) is 107 cm³/mol. The van der Waals surface area contributed by atoms with Crippen molar-refractivity contribution in [2.75, 3.05) is 0 Å². The maximum Gasteiger partial charge on any atom is 0.0608 e. The second-order valence-corrected chi connectivity index (χ2v) is 8.12. The lowest BCUT2D eigenvalue weighted by atomic mass is 9.76. The van der Waals surface area contributed by atoms with Gasteiger partial charge in [-0.15, -0.1) is 0 Å². The molecule has 138 valence electrons. The Bertz CT molecular complexity index is 522. The van der Waals surface area contributed by atoms with Gasteiger partial charge in [-0.05, 0) is 87.7 Å². The van der Waals surface area contributed by atoms with Gasteiger partial charge in [-0.2, -0.15) is 0 Å². The number of allylic oxidation sites excluding steroid dienone is 2. The first-order valence-corrected chi connectivity index (χ1v) is 10.7. The molecule has 0 amide bonds. The molecule has 25 heavy (non-hydrogen) atoms. The number of hydrogen-bond donors (Lipinski definition) is 0. The van der Waals surface area contributed by atoms with E-state index < -0.39 is 0 Å². The van der Waals surface area contributed by atoms with Gasteiger partial charge in [-0.1, -0.05) is 49.8 Å². The van der Waals surface area contributed by atoms with E-state index in [0.717, 1.165) is 24.7 Å². The van der Waals surface area contributed by atoms with Crippen molar-refractivity contribution in [3.63, 3.8) is 0 Å². The summed E-state index contributed by atoms with van der Waals surface area (Å²) in [6, 6.07) is 9.47. The van der Waals surface area contributed by atoms with E-state index in [1.165, 1.54) is 56.9 Å². The van der Waals surface area contributed by atoms with Crippen molar-refractivity contribution in [3.8, 4) is 0 Å². The van der Waals surface area contributed by atoms with Gasteiger partial charge in [0.25, 0.3) is 0 Å². The summed E-state index contributed by atoms with van der Waals surface area (Å²) in [4.78, 5) is 0. The molecule has 2 unspecified atom stereocenters. The Balaban J connectivity index is 1.46. The third-order valence-corrected chi connectivity index (χ3v) is 6.34. The first-order chi connectivity index (χ1) is 12.3. The number of ether oxygens (including phenoxy) is 1. The standard InChI is InChI=1S/C24H36O/c1-3-5-6-8-19-9-11-20(12-10-19)21-13-15-22(16-14-21)24-18-17-23(25-24)7-4-2/h3,5,9-12,21-24H,4,6-8,13-18H2,1-2H3. The molecule has 1 saturated carbocycles. The Morgan fingerprint density at radius 2 is 1.76 bits per heavy atom. The molecular weight excluding hydrogens is 304 g/mol. The maximum atomic E-state index is 6.34. The largest absolute Gasteiger partial charge is 0.375 e. The Kier molecular flexibility index (Phi) is 7.16. The van der Waals surface area contributed by atoms with Crippen molar-refractivity contribution in [1.29, 1.82) is 0 Å². The first kappa shape index (κ1) is 18.7. The number of rotatable bonds is 7. The molecule has 0 aromatic heterocycles. The van der Waals surface area contributed by atoms with Crippen LogP contribution in [-0.2, 0) is 11.2 Å². The van der Waals surface area contributed by atoms with Gasteiger partial charge in [0.1, 0.15) is 0 Å². The van der Waals surface area contributed by atoms with Gasteiger partial charge in [0, 0.05) is 0 Å². The van der Waals surface area contributed by atoms with Crippen LogP contribution < -0.4 is 0 Å². The minimum atomic E-state index is 0.558. The van der Waals surface area contributed by atoms with Crippen LogP contribution in [0.2, 0.25) is 0 Å². The van der Waals surface area contributed by atoms with Crippen molar-refractivity contribution in [2.24, 2.45) is 5.92 Å². The summed E-state index contributed by atoms with van der Waals surface area (Å²) < 4.78 is 6.34. The van der Waals surface area contributed by atoms with E-state index in [2.05, 4.69) is 50.3 Å². The summed E-state index contributed by atoms with van der Waals surface area (Å²) in [7, 11) is 0. The summed E-state index contributed by atoms with van der Waals surface area (Å²) in [5, 5.41) is 0. The lowest BCUT2D eigenvalue weighted by Crippen LogP contribution is -2.25. The second-order valence-electron chi connectivity index (χ2n) is 8.12. The lowest BCUT2D eigenvalue weighted by molar-refractivity contribution is -0.00426. The Morgan fingerprint density at radius 3 is 2.44 bits per heavy atom. The molecule has 1 heterocycles. The molecule has 0 radical (unpaired) electrons. The Labute approximate surface area is 154 Å². The smallest absolute Gasteiger partial charge is 0.0608 e. The fourth-order valence-electron chi connectivity index (χ4n) is 4.81. The van der Waals surface area contributed by atoms with Gasteiger partial charge < -0.3 is 4.74 Å². The fourth-order valence-corrected chi connectivity index (χ4v) is 4.81. The third kappa shape index (κ3) is 5.20. The molecule has 1 aliphatic heterocycles. The molecule has 2 fully saturated rings. The molecule has 0 N–H and O–H groups in total. The van der Waals surface area contributed by atoms with Crippen LogP contribution in [0.3, 0.4) is 0 Å². The molecule has 1 nitrogen and oxygen atoms in total. The second kappa shape index (κ2) is 9.57. The van der Waals surface area contributed by atoms with Gasteiger partial charge in [0.05, 0.1) is 12.2 Å². The quantitative estimate of drug-likeness (QED) is 0.495. The van der Waals surface area contributed by atoms with Gasteiger partial charge in [-0.25, -0.2) is 0 Å². The summed E-state index contributed by atoms with van der Waals surface area (Å²) in [6.45, 7) is 4.37. The molecule has 1 aromatic carbocycles. The van der Waals surface area contributed by atoms with Crippen LogP contribution in [0.5, 0.6) is 0 Å². The van der Waals surface area contributed by atoms with Crippen LogP contribution in [0, 0.1) is 5.92 Å². The maximum absolute atomic E-state index is 6.34. The van der Waals surface area contributed by atoms with Gasteiger partial charge in [0.15, 0.2) is 0 Å². The molecular formula is C24H36O. The zero-order valence-corrected chi connectivity index (χ0v) is 16.3. The van der Waals surface area contributed by atoms with Crippen molar-refractivity contribution in [1.82, 2.24) is 0 Å². The van der Waals surface area contributed by atoms with Crippen LogP contribution in [0.15, 0.2) is 36.4 Å². The molecule has 0 bridgehead atoms. The van der Waals surface area contributed by atoms with E-state index in [9.17, 15) is 0 Å². The zero-order chi connectivity index (χ0) is 17.5. The van der Waals surface area contributed by atoms with E-state index in [-0.39, 0.29) is 0 Å². The van der Waals surface area contributed by atoms with Gasteiger partial charge >= 0.3 is 0 Å². The highest BCUT2D eigenvalue weighted by molar-refractivity contribution is 5.26.